The largest absolute Gasteiger partial charge is 0.312 e. The molecule has 0 unspecified atom stereocenters. The van der Waals surface area contributed by atoms with E-state index in [1.54, 1.807) is 6.20 Å². The normalized spacial score (nSPS) is 9.93. The van der Waals surface area contributed by atoms with Crippen LogP contribution in [0.2, 0.25) is 0 Å². The molecule has 0 saturated carbocycles. The summed E-state index contributed by atoms with van der Waals surface area (Å²) >= 11 is 0. The maximum absolute atomic E-state index is 13.3. The third kappa shape index (κ3) is 3.27. The standard InChI is InChI=1S/C9H16FN3.ClH/c1-3-5-11-6-8-7-12-13(4-2)9(8)10;/h7,11H,3-6H2,1-2H3;1H. The Bertz CT molecular complexity index is 263. The van der Waals surface area contributed by atoms with Crippen LogP contribution in [0, 0.1) is 5.95 Å². The summed E-state index contributed by atoms with van der Waals surface area (Å²) in [4.78, 5) is 0. The van der Waals surface area contributed by atoms with Gasteiger partial charge >= 0.3 is 0 Å². The molecule has 0 aromatic carbocycles. The summed E-state index contributed by atoms with van der Waals surface area (Å²) in [5.41, 5.74) is 0.648. The molecule has 3 nitrogen and oxygen atoms in total. The molecule has 1 aromatic heterocycles. The quantitative estimate of drug-likeness (QED) is 0.771. The topological polar surface area (TPSA) is 29.9 Å². The zero-order chi connectivity index (χ0) is 9.68. The van der Waals surface area contributed by atoms with Crippen LogP contribution in [0.5, 0.6) is 0 Å². The van der Waals surface area contributed by atoms with E-state index in [9.17, 15) is 4.39 Å². The minimum atomic E-state index is -0.217. The molecule has 82 valence electrons. The molecule has 0 radical (unpaired) electrons. The Balaban J connectivity index is 0.00000169. The average molecular weight is 222 g/mol. The fraction of sp³-hybridized carbons (Fsp3) is 0.667. The van der Waals surface area contributed by atoms with Gasteiger partial charge in [-0.25, -0.2) is 4.68 Å². The number of hydrogen-bond acceptors (Lipinski definition) is 2. The van der Waals surface area contributed by atoms with Gasteiger partial charge in [0.05, 0.1) is 6.20 Å². The smallest absolute Gasteiger partial charge is 0.215 e. The molecule has 1 rings (SSSR count). The summed E-state index contributed by atoms with van der Waals surface area (Å²) in [5, 5.41) is 7.05. The first kappa shape index (κ1) is 13.4. The molecule has 1 N–H and O–H groups in total. The van der Waals surface area contributed by atoms with Gasteiger partial charge in [0, 0.05) is 18.7 Å². The first-order valence-electron chi connectivity index (χ1n) is 4.70. The first-order valence-corrected chi connectivity index (χ1v) is 4.70. The summed E-state index contributed by atoms with van der Waals surface area (Å²) in [7, 11) is 0. The van der Waals surface area contributed by atoms with E-state index in [2.05, 4.69) is 17.3 Å². The molecular weight excluding hydrogens is 205 g/mol. The highest BCUT2D eigenvalue weighted by molar-refractivity contribution is 5.85. The second kappa shape index (κ2) is 6.79. The van der Waals surface area contributed by atoms with Crippen molar-refractivity contribution in [3.05, 3.63) is 17.7 Å². The van der Waals surface area contributed by atoms with Crippen molar-refractivity contribution >= 4 is 12.4 Å². The Morgan fingerprint density at radius 1 is 1.50 bits per heavy atom. The second-order valence-corrected chi connectivity index (χ2v) is 2.95. The molecule has 14 heavy (non-hydrogen) atoms. The van der Waals surface area contributed by atoms with E-state index in [1.165, 1.54) is 4.68 Å². The molecule has 1 heterocycles. The van der Waals surface area contributed by atoms with E-state index >= 15 is 0 Å². The molecule has 0 amide bonds. The van der Waals surface area contributed by atoms with Gasteiger partial charge in [-0.15, -0.1) is 12.4 Å². The van der Waals surface area contributed by atoms with Crippen LogP contribution in [-0.2, 0) is 13.1 Å². The SMILES string of the molecule is CCCNCc1cnn(CC)c1F.Cl. The molecule has 0 bridgehead atoms. The van der Waals surface area contributed by atoms with Crippen LogP contribution >= 0.6 is 12.4 Å². The molecular formula is C9H17ClFN3. The monoisotopic (exact) mass is 221 g/mol. The highest BCUT2D eigenvalue weighted by Crippen LogP contribution is 2.05. The van der Waals surface area contributed by atoms with E-state index in [-0.39, 0.29) is 18.4 Å². The van der Waals surface area contributed by atoms with E-state index in [1.807, 2.05) is 6.92 Å². The van der Waals surface area contributed by atoms with E-state index in [4.69, 9.17) is 0 Å². The lowest BCUT2D eigenvalue weighted by molar-refractivity contribution is 0.460. The maximum atomic E-state index is 13.3. The highest BCUT2D eigenvalue weighted by Gasteiger charge is 2.07. The lowest BCUT2D eigenvalue weighted by Crippen LogP contribution is -2.14. The summed E-state index contributed by atoms with van der Waals surface area (Å²) in [6.07, 6.45) is 2.64. The Kier molecular flexibility index (Phi) is 6.49. The summed E-state index contributed by atoms with van der Waals surface area (Å²) < 4.78 is 14.7. The van der Waals surface area contributed by atoms with Crippen molar-refractivity contribution in [3.63, 3.8) is 0 Å². The third-order valence-corrected chi connectivity index (χ3v) is 1.89. The number of hydrogen-bond donors (Lipinski definition) is 1. The molecule has 0 fully saturated rings. The fourth-order valence-electron chi connectivity index (χ4n) is 1.15. The molecule has 0 aliphatic rings. The van der Waals surface area contributed by atoms with E-state index in [0.29, 0.717) is 18.7 Å². The predicted octanol–water partition coefficient (Wildman–Crippen LogP) is 1.96. The van der Waals surface area contributed by atoms with Crippen LogP contribution in [0.4, 0.5) is 4.39 Å². The third-order valence-electron chi connectivity index (χ3n) is 1.89. The molecule has 0 atom stereocenters. The molecule has 0 aliphatic heterocycles. The molecule has 0 spiro atoms. The van der Waals surface area contributed by atoms with Crippen LogP contribution < -0.4 is 5.32 Å². The number of rotatable bonds is 5. The van der Waals surface area contributed by atoms with Crippen LogP contribution in [-0.4, -0.2) is 16.3 Å². The minimum absolute atomic E-state index is 0. The predicted molar refractivity (Wildman–Crippen MR) is 57.1 cm³/mol. The van der Waals surface area contributed by atoms with Crippen LogP contribution in [0.1, 0.15) is 25.8 Å². The summed E-state index contributed by atoms with van der Waals surface area (Å²) in [5.74, 6) is -0.217. The van der Waals surface area contributed by atoms with Crippen LogP contribution in [0.15, 0.2) is 6.20 Å². The maximum Gasteiger partial charge on any atom is 0.215 e. The van der Waals surface area contributed by atoms with Gasteiger partial charge in [0.2, 0.25) is 5.95 Å². The fourth-order valence-corrected chi connectivity index (χ4v) is 1.15. The Hall–Kier alpha value is -0.610. The van der Waals surface area contributed by atoms with Gasteiger partial charge in [-0.3, -0.25) is 0 Å². The van der Waals surface area contributed by atoms with E-state index < -0.39 is 0 Å². The molecule has 1 aromatic rings. The lowest BCUT2D eigenvalue weighted by atomic mass is 10.3. The molecule has 0 aliphatic carbocycles. The van der Waals surface area contributed by atoms with Gasteiger partial charge in [-0.2, -0.15) is 9.49 Å². The van der Waals surface area contributed by atoms with Gasteiger partial charge in [0.15, 0.2) is 0 Å². The average Bonchev–Trinajstić information content (AvgIpc) is 2.48. The molecule has 0 saturated heterocycles. The zero-order valence-electron chi connectivity index (χ0n) is 8.59. The number of halogens is 2. The van der Waals surface area contributed by atoms with Crippen molar-refractivity contribution < 1.29 is 4.39 Å². The van der Waals surface area contributed by atoms with E-state index in [0.717, 1.165) is 13.0 Å². The van der Waals surface area contributed by atoms with Gasteiger partial charge in [-0.05, 0) is 19.9 Å². The van der Waals surface area contributed by atoms with Crippen molar-refractivity contribution in [1.82, 2.24) is 15.1 Å². The second-order valence-electron chi connectivity index (χ2n) is 2.95. The van der Waals surface area contributed by atoms with Crippen LogP contribution in [0.25, 0.3) is 0 Å². The molecule has 5 heteroatoms. The van der Waals surface area contributed by atoms with Gasteiger partial charge in [-0.1, -0.05) is 6.92 Å². The number of aryl methyl sites for hydroxylation is 1. The van der Waals surface area contributed by atoms with Crippen molar-refractivity contribution in [3.8, 4) is 0 Å². The lowest BCUT2D eigenvalue weighted by Gasteiger charge is -2.00. The number of nitrogens with zero attached hydrogens (tertiary/aromatic N) is 2. The van der Waals surface area contributed by atoms with Gasteiger partial charge in [0.25, 0.3) is 0 Å². The summed E-state index contributed by atoms with van der Waals surface area (Å²) in [6.45, 7) is 6.02. The van der Waals surface area contributed by atoms with Crippen molar-refractivity contribution in [2.75, 3.05) is 6.54 Å². The zero-order valence-corrected chi connectivity index (χ0v) is 9.40. The van der Waals surface area contributed by atoms with Crippen LogP contribution in [0.3, 0.4) is 0 Å². The Morgan fingerprint density at radius 3 is 2.71 bits per heavy atom. The number of nitrogens with one attached hydrogen (secondary N) is 1. The Morgan fingerprint density at radius 2 is 2.21 bits per heavy atom. The van der Waals surface area contributed by atoms with Crippen molar-refractivity contribution in [2.24, 2.45) is 0 Å². The van der Waals surface area contributed by atoms with Gasteiger partial charge in [0.1, 0.15) is 0 Å². The first-order chi connectivity index (χ1) is 6.29. The minimum Gasteiger partial charge on any atom is -0.312 e. The highest BCUT2D eigenvalue weighted by atomic mass is 35.5. The van der Waals surface area contributed by atoms with Gasteiger partial charge < -0.3 is 5.32 Å². The Labute approximate surface area is 90.1 Å². The van der Waals surface area contributed by atoms with Crippen molar-refractivity contribution in [1.29, 1.82) is 0 Å². The summed E-state index contributed by atoms with van der Waals surface area (Å²) in [6, 6.07) is 0. The number of aromatic nitrogens is 2. The van der Waals surface area contributed by atoms with Crippen molar-refractivity contribution in [2.45, 2.75) is 33.4 Å².